The van der Waals surface area contributed by atoms with Gasteiger partial charge in [-0.15, -0.1) is 0 Å². The van der Waals surface area contributed by atoms with Gasteiger partial charge in [-0.25, -0.2) is 0 Å². The molecule has 0 bridgehead atoms. The van der Waals surface area contributed by atoms with E-state index >= 15 is 0 Å². The molecule has 1 aliphatic rings. The zero-order valence-corrected chi connectivity index (χ0v) is 9.58. The van der Waals surface area contributed by atoms with Crippen molar-refractivity contribution in [1.82, 2.24) is 15.5 Å². The van der Waals surface area contributed by atoms with Crippen LogP contribution in [0.1, 0.15) is 13.8 Å². The van der Waals surface area contributed by atoms with Crippen LogP contribution in [-0.2, 0) is 14.4 Å². The third kappa shape index (κ3) is 3.62. The summed E-state index contributed by atoms with van der Waals surface area (Å²) >= 11 is 0. The number of nitrogens with zero attached hydrogens (tertiary/aromatic N) is 1. The fourth-order valence-electron chi connectivity index (χ4n) is 1.30. The summed E-state index contributed by atoms with van der Waals surface area (Å²) in [6, 6.07) is 0. The van der Waals surface area contributed by atoms with Gasteiger partial charge in [0.1, 0.15) is 6.54 Å². The first-order valence-corrected chi connectivity index (χ1v) is 5.31. The Labute approximate surface area is 94.4 Å². The smallest absolute Gasteiger partial charge is 0.243 e. The van der Waals surface area contributed by atoms with E-state index in [1.165, 1.54) is 0 Å². The molecule has 0 atom stereocenters. The highest BCUT2D eigenvalue weighted by molar-refractivity contribution is 6.02. The Balaban J connectivity index is 2.42. The van der Waals surface area contributed by atoms with Crippen molar-refractivity contribution >= 4 is 17.7 Å². The molecule has 16 heavy (non-hydrogen) atoms. The first-order chi connectivity index (χ1) is 7.50. The molecular weight excluding hydrogens is 210 g/mol. The lowest BCUT2D eigenvalue weighted by molar-refractivity contribution is -0.149. The maximum Gasteiger partial charge on any atom is 0.243 e. The molecule has 1 fully saturated rings. The Morgan fingerprint density at radius 1 is 1.38 bits per heavy atom. The summed E-state index contributed by atoms with van der Waals surface area (Å²) < 4.78 is 0. The van der Waals surface area contributed by atoms with Crippen LogP contribution in [0.25, 0.3) is 0 Å². The molecule has 0 aromatic heterocycles. The average Bonchev–Trinajstić information content (AvgIpc) is 2.21. The number of hydrogen-bond donors (Lipinski definition) is 2. The van der Waals surface area contributed by atoms with Crippen LogP contribution in [0.2, 0.25) is 0 Å². The summed E-state index contributed by atoms with van der Waals surface area (Å²) in [6.07, 6.45) is 0. The zero-order chi connectivity index (χ0) is 12.1. The van der Waals surface area contributed by atoms with Crippen LogP contribution in [0.4, 0.5) is 0 Å². The van der Waals surface area contributed by atoms with Crippen molar-refractivity contribution in [3.05, 3.63) is 0 Å². The van der Waals surface area contributed by atoms with Crippen molar-refractivity contribution in [2.24, 2.45) is 5.92 Å². The van der Waals surface area contributed by atoms with Gasteiger partial charge < -0.3 is 5.32 Å². The second-order valence-corrected chi connectivity index (χ2v) is 4.18. The molecular formula is C10H17N3O3. The number of carbonyl (C=O) groups is 3. The van der Waals surface area contributed by atoms with Crippen molar-refractivity contribution in [3.63, 3.8) is 0 Å². The first-order valence-electron chi connectivity index (χ1n) is 5.31. The molecule has 90 valence electrons. The van der Waals surface area contributed by atoms with Gasteiger partial charge in [-0.1, -0.05) is 13.8 Å². The maximum atomic E-state index is 11.4. The van der Waals surface area contributed by atoms with Crippen molar-refractivity contribution < 1.29 is 14.4 Å². The van der Waals surface area contributed by atoms with Gasteiger partial charge in [0.2, 0.25) is 17.7 Å². The average molecular weight is 227 g/mol. The number of rotatable bonds is 4. The number of amides is 3. The van der Waals surface area contributed by atoms with E-state index in [9.17, 15) is 14.4 Å². The lowest BCUT2D eigenvalue weighted by Crippen LogP contribution is -2.54. The minimum Gasteiger partial charge on any atom is -0.354 e. The minimum absolute atomic E-state index is 0.114. The van der Waals surface area contributed by atoms with Gasteiger partial charge in [0.05, 0.1) is 13.1 Å². The van der Waals surface area contributed by atoms with Gasteiger partial charge in [0.15, 0.2) is 0 Å². The number of carbonyl (C=O) groups excluding carboxylic acids is 3. The number of hydrogen-bond acceptors (Lipinski definition) is 4. The monoisotopic (exact) mass is 227 g/mol. The molecule has 1 saturated heterocycles. The van der Waals surface area contributed by atoms with Gasteiger partial charge in [-0.05, 0) is 5.92 Å². The predicted octanol–water partition coefficient (Wildman–Crippen LogP) is -1.28. The van der Waals surface area contributed by atoms with E-state index in [1.54, 1.807) is 0 Å². The Bertz CT molecular complexity index is 286. The topological polar surface area (TPSA) is 78.5 Å². The van der Waals surface area contributed by atoms with E-state index in [0.717, 1.165) is 4.90 Å². The predicted molar refractivity (Wildman–Crippen MR) is 57.4 cm³/mol. The fourth-order valence-corrected chi connectivity index (χ4v) is 1.30. The van der Waals surface area contributed by atoms with Gasteiger partial charge in [0.25, 0.3) is 0 Å². The third-order valence-electron chi connectivity index (χ3n) is 2.16. The van der Waals surface area contributed by atoms with Crippen molar-refractivity contribution in [2.75, 3.05) is 26.2 Å². The Kier molecular flexibility index (Phi) is 4.42. The van der Waals surface area contributed by atoms with Crippen LogP contribution < -0.4 is 10.6 Å². The molecule has 0 aromatic carbocycles. The summed E-state index contributed by atoms with van der Waals surface area (Å²) in [6.45, 7) is 4.55. The summed E-state index contributed by atoms with van der Waals surface area (Å²) in [5.74, 6) is -0.650. The highest BCUT2D eigenvalue weighted by atomic mass is 16.2. The Morgan fingerprint density at radius 3 is 2.44 bits per heavy atom. The van der Waals surface area contributed by atoms with E-state index in [-0.39, 0.29) is 37.4 Å². The van der Waals surface area contributed by atoms with Crippen molar-refractivity contribution in [3.8, 4) is 0 Å². The lowest BCUT2D eigenvalue weighted by Gasteiger charge is -2.24. The van der Waals surface area contributed by atoms with Gasteiger partial charge in [-0.3, -0.25) is 24.6 Å². The standard InChI is InChI=1S/C10H17N3O3/c1-7(2)3-12-8(14)6-13-9(15)4-11-5-10(13)16/h7,11H,3-6H2,1-2H3,(H,12,14). The normalized spacial score (nSPS) is 16.8. The SMILES string of the molecule is CC(C)CNC(=O)CN1C(=O)CNCC1=O. The third-order valence-corrected chi connectivity index (χ3v) is 2.16. The van der Waals surface area contributed by atoms with E-state index in [1.807, 2.05) is 13.8 Å². The molecule has 0 unspecified atom stereocenters. The van der Waals surface area contributed by atoms with Crippen LogP contribution >= 0.6 is 0 Å². The fraction of sp³-hybridized carbons (Fsp3) is 0.700. The van der Waals surface area contributed by atoms with E-state index in [2.05, 4.69) is 10.6 Å². The largest absolute Gasteiger partial charge is 0.354 e. The molecule has 0 radical (unpaired) electrons. The van der Waals surface area contributed by atoms with Crippen molar-refractivity contribution in [2.45, 2.75) is 13.8 Å². The number of piperazine rings is 1. The van der Waals surface area contributed by atoms with Gasteiger partial charge >= 0.3 is 0 Å². The van der Waals surface area contributed by atoms with Crippen LogP contribution in [0, 0.1) is 5.92 Å². The molecule has 6 heteroatoms. The zero-order valence-electron chi connectivity index (χ0n) is 9.58. The van der Waals surface area contributed by atoms with E-state index < -0.39 is 0 Å². The molecule has 0 aliphatic carbocycles. The molecule has 3 amide bonds. The van der Waals surface area contributed by atoms with Gasteiger partial charge in [0, 0.05) is 6.54 Å². The summed E-state index contributed by atoms with van der Waals surface area (Å²) in [5.41, 5.74) is 0. The van der Waals surface area contributed by atoms with Crippen LogP contribution in [0.5, 0.6) is 0 Å². The molecule has 0 spiro atoms. The quantitative estimate of drug-likeness (QED) is 0.586. The van der Waals surface area contributed by atoms with Crippen molar-refractivity contribution in [1.29, 1.82) is 0 Å². The molecule has 1 rings (SSSR count). The van der Waals surface area contributed by atoms with E-state index in [4.69, 9.17) is 0 Å². The minimum atomic E-state index is -0.351. The second-order valence-electron chi connectivity index (χ2n) is 4.18. The second kappa shape index (κ2) is 5.60. The molecule has 1 heterocycles. The number of nitrogens with one attached hydrogen (secondary N) is 2. The number of imide groups is 1. The van der Waals surface area contributed by atoms with E-state index in [0.29, 0.717) is 12.5 Å². The van der Waals surface area contributed by atoms with Crippen LogP contribution in [0.3, 0.4) is 0 Å². The summed E-state index contributed by atoms with van der Waals surface area (Å²) in [7, 11) is 0. The Morgan fingerprint density at radius 2 is 1.94 bits per heavy atom. The van der Waals surface area contributed by atoms with Gasteiger partial charge in [-0.2, -0.15) is 0 Å². The van der Waals surface area contributed by atoms with Crippen LogP contribution in [-0.4, -0.2) is 48.8 Å². The molecule has 0 saturated carbocycles. The molecule has 6 nitrogen and oxygen atoms in total. The maximum absolute atomic E-state index is 11.4. The summed E-state index contributed by atoms with van der Waals surface area (Å²) in [4.78, 5) is 35.1. The molecule has 0 aromatic rings. The Hall–Kier alpha value is -1.43. The molecule has 2 N–H and O–H groups in total. The first kappa shape index (κ1) is 12.6. The highest BCUT2D eigenvalue weighted by Gasteiger charge is 2.27. The highest BCUT2D eigenvalue weighted by Crippen LogP contribution is 1.96. The molecule has 1 aliphatic heterocycles. The summed E-state index contributed by atoms with van der Waals surface area (Å²) in [5, 5.41) is 5.33. The van der Waals surface area contributed by atoms with Crippen LogP contribution in [0.15, 0.2) is 0 Å². The lowest BCUT2D eigenvalue weighted by atomic mass is 10.2.